The number of rotatable bonds is 6. The first-order chi connectivity index (χ1) is 13.1. The van der Waals surface area contributed by atoms with Crippen molar-refractivity contribution in [3.8, 4) is 0 Å². The van der Waals surface area contributed by atoms with Crippen LogP contribution in [0.3, 0.4) is 0 Å². The number of pyridine rings is 1. The maximum Gasteiger partial charge on any atom is 0.407 e. The van der Waals surface area contributed by atoms with Crippen molar-refractivity contribution in [1.29, 1.82) is 0 Å². The summed E-state index contributed by atoms with van der Waals surface area (Å²) in [5, 5.41) is 4.05. The Balaban J connectivity index is 1.63. The number of nitrogens with zero attached hydrogens (tertiary/aromatic N) is 1. The third kappa shape index (κ3) is 5.34. The molecule has 1 N–H and O–H groups in total. The number of halogens is 2. The molecule has 0 radical (unpaired) electrons. The molecule has 28 heavy (non-hydrogen) atoms. The molecule has 5 nitrogen and oxygen atoms in total. The van der Waals surface area contributed by atoms with E-state index in [9.17, 15) is 14.0 Å². The van der Waals surface area contributed by atoms with Crippen LogP contribution < -0.4 is 10.9 Å². The molecular formula is C21H26BrFN2O3. The van der Waals surface area contributed by atoms with Gasteiger partial charge in [0.1, 0.15) is 11.4 Å². The number of amides is 1. The quantitative estimate of drug-likeness (QED) is 0.671. The van der Waals surface area contributed by atoms with Gasteiger partial charge in [0.25, 0.3) is 5.56 Å². The van der Waals surface area contributed by atoms with E-state index in [0.717, 1.165) is 25.7 Å². The summed E-state index contributed by atoms with van der Waals surface area (Å²) in [6.45, 7) is 6.04. The van der Waals surface area contributed by atoms with Gasteiger partial charge in [0, 0.05) is 18.8 Å². The fraction of sp³-hybridized carbons (Fsp3) is 0.524. The lowest BCUT2D eigenvalue weighted by Gasteiger charge is -2.23. The van der Waals surface area contributed by atoms with Crippen LogP contribution in [-0.4, -0.2) is 22.3 Å². The average Bonchev–Trinajstić information content (AvgIpc) is 3.41. The molecule has 1 aromatic heterocycles. The summed E-state index contributed by atoms with van der Waals surface area (Å²) in [5.74, 6) is 0.0324. The Kier molecular flexibility index (Phi) is 6.12. The largest absolute Gasteiger partial charge is 0.444 e. The Hall–Kier alpha value is -1.89. The summed E-state index contributed by atoms with van der Waals surface area (Å²) >= 11 is 3.15. The van der Waals surface area contributed by atoms with Crippen LogP contribution in [0.4, 0.5) is 9.18 Å². The number of nitrogens with one attached hydrogen (secondary N) is 1. The SMILES string of the molecule is CC(C)(C)OC(=O)N[C@H](CCCn1ccc2cc(Br)c(F)cc2c1=O)C1CC1. The fourth-order valence-corrected chi connectivity index (χ4v) is 3.68. The number of ether oxygens (including phenoxy) is 1. The molecule has 0 spiro atoms. The van der Waals surface area contributed by atoms with E-state index in [1.54, 1.807) is 16.8 Å². The molecular weight excluding hydrogens is 427 g/mol. The van der Waals surface area contributed by atoms with Gasteiger partial charge in [-0.15, -0.1) is 0 Å². The number of alkyl carbamates (subject to hydrolysis) is 1. The first-order valence-corrected chi connectivity index (χ1v) is 10.4. The molecule has 152 valence electrons. The summed E-state index contributed by atoms with van der Waals surface area (Å²) in [4.78, 5) is 24.7. The minimum atomic E-state index is -0.527. The van der Waals surface area contributed by atoms with Crippen LogP contribution in [-0.2, 0) is 11.3 Å². The number of hydrogen-bond acceptors (Lipinski definition) is 3. The van der Waals surface area contributed by atoms with Crippen LogP contribution in [0.15, 0.2) is 33.7 Å². The second kappa shape index (κ2) is 8.23. The molecule has 1 saturated carbocycles. The lowest BCUT2D eigenvalue weighted by Crippen LogP contribution is -2.40. The molecule has 1 amide bonds. The summed E-state index contributed by atoms with van der Waals surface area (Å²) in [5.41, 5.74) is -0.729. The van der Waals surface area contributed by atoms with Gasteiger partial charge in [-0.1, -0.05) is 0 Å². The third-order valence-corrected chi connectivity index (χ3v) is 5.43. The van der Waals surface area contributed by atoms with Crippen molar-refractivity contribution >= 4 is 32.8 Å². The van der Waals surface area contributed by atoms with Crippen molar-refractivity contribution in [2.24, 2.45) is 5.92 Å². The van der Waals surface area contributed by atoms with Gasteiger partial charge in [-0.3, -0.25) is 4.79 Å². The average molecular weight is 453 g/mol. The summed E-state index contributed by atoms with van der Waals surface area (Å²) in [6, 6.07) is 4.76. The molecule has 0 saturated heterocycles. The van der Waals surface area contributed by atoms with E-state index >= 15 is 0 Å². The minimum absolute atomic E-state index is 0.0550. The molecule has 1 atom stereocenters. The van der Waals surface area contributed by atoms with E-state index in [1.807, 2.05) is 26.8 Å². The zero-order chi connectivity index (χ0) is 20.5. The second-order valence-corrected chi connectivity index (χ2v) is 9.25. The van der Waals surface area contributed by atoms with E-state index < -0.39 is 17.5 Å². The van der Waals surface area contributed by atoms with Gasteiger partial charge in [0.2, 0.25) is 0 Å². The van der Waals surface area contributed by atoms with E-state index in [4.69, 9.17) is 4.74 Å². The monoisotopic (exact) mass is 452 g/mol. The van der Waals surface area contributed by atoms with Crippen molar-refractivity contribution in [1.82, 2.24) is 9.88 Å². The van der Waals surface area contributed by atoms with E-state index in [2.05, 4.69) is 21.2 Å². The summed E-state index contributed by atoms with van der Waals surface area (Å²) in [7, 11) is 0. The molecule has 7 heteroatoms. The Morgan fingerprint density at radius 2 is 2.11 bits per heavy atom. The number of fused-ring (bicyclic) bond motifs is 1. The summed E-state index contributed by atoms with van der Waals surface area (Å²) < 4.78 is 21.1. The van der Waals surface area contributed by atoms with Crippen LogP contribution in [0.2, 0.25) is 0 Å². The van der Waals surface area contributed by atoms with Gasteiger partial charge in [0.05, 0.1) is 9.86 Å². The number of aromatic nitrogens is 1. The molecule has 1 aromatic carbocycles. The van der Waals surface area contributed by atoms with Gasteiger partial charge in [-0.2, -0.15) is 0 Å². The second-order valence-electron chi connectivity index (χ2n) is 8.40. The van der Waals surface area contributed by atoms with Crippen LogP contribution in [0.1, 0.15) is 46.5 Å². The van der Waals surface area contributed by atoms with Gasteiger partial charge in [-0.25, -0.2) is 9.18 Å². The van der Waals surface area contributed by atoms with Gasteiger partial charge < -0.3 is 14.6 Å². The number of carbonyl (C=O) groups is 1. The van der Waals surface area contributed by atoms with Crippen molar-refractivity contribution in [3.63, 3.8) is 0 Å². The minimum Gasteiger partial charge on any atom is -0.444 e. The number of hydrogen-bond donors (Lipinski definition) is 1. The van der Waals surface area contributed by atoms with Crippen molar-refractivity contribution in [3.05, 3.63) is 45.0 Å². The Bertz CT molecular complexity index is 932. The Labute approximate surface area is 172 Å². The smallest absolute Gasteiger partial charge is 0.407 e. The fourth-order valence-electron chi connectivity index (χ4n) is 3.32. The first kappa shape index (κ1) is 20.8. The van der Waals surface area contributed by atoms with Gasteiger partial charge in [0.15, 0.2) is 0 Å². The van der Waals surface area contributed by atoms with E-state index in [1.165, 1.54) is 6.07 Å². The maximum absolute atomic E-state index is 13.8. The lowest BCUT2D eigenvalue weighted by molar-refractivity contribution is 0.0494. The lowest BCUT2D eigenvalue weighted by atomic mass is 10.1. The highest BCUT2D eigenvalue weighted by atomic mass is 79.9. The highest BCUT2D eigenvalue weighted by Crippen LogP contribution is 2.34. The molecule has 2 aromatic rings. The standard InChI is InChI=1S/C21H26BrFN2O3/c1-21(2,3)28-20(27)24-18(13-6-7-13)5-4-9-25-10-8-14-11-16(22)17(23)12-15(14)19(25)26/h8,10-13,18H,4-7,9H2,1-3H3,(H,24,27)/t18-/m1/s1. The molecule has 1 fully saturated rings. The van der Waals surface area contributed by atoms with Crippen LogP contribution in [0, 0.1) is 11.7 Å². The third-order valence-electron chi connectivity index (χ3n) is 4.83. The van der Waals surface area contributed by atoms with Crippen LogP contribution >= 0.6 is 15.9 Å². The molecule has 0 unspecified atom stereocenters. The molecule has 1 heterocycles. The van der Waals surface area contributed by atoms with Crippen LogP contribution in [0.5, 0.6) is 0 Å². The molecule has 3 rings (SSSR count). The zero-order valence-corrected chi connectivity index (χ0v) is 18.0. The molecule has 0 aliphatic heterocycles. The number of aryl methyl sites for hydroxylation is 1. The van der Waals surface area contributed by atoms with Crippen molar-refractivity contribution in [2.75, 3.05) is 0 Å². The van der Waals surface area contributed by atoms with E-state index in [0.29, 0.717) is 27.7 Å². The van der Waals surface area contributed by atoms with Crippen LogP contribution in [0.25, 0.3) is 10.8 Å². The van der Waals surface area contributed by atoms with E-state index in [-0.39, 0.29) is 11.6 Å². The highest BCUT2D eigenvalue weighted by Gasteiger charge is 2.33. The topological polar surface area (TPSA) is 60.3 Å². The number of carbonyl (C=O) groups excluding carboxylic acids is 1. The maximum atomic E-state index is 13.8. The molecule has 1 aliphatic rings. The Morgan fingerprint density at radius 1 is 1.39 bits per heavy atom. The van der Waals surface area contributed by atoms with Gasteiger partial charge >= 0.3 is 6.09 Å². The Morgan fingerprint density at radius 3 is 2.75 bits per heavy atom. The summed E-state index contributed by atoms with van der Waals surface area (Å²) in [6.07, 6.45) is 5.05. The predicted molar refractivity (Wildman–Crippen MR) is 111 cm³/mol. The van der Waals surface area contributed by atoms with Crippen molar-refractivity contribution in [2.45, 2.75) is 64.6 Å². The normalized spacial score (nSPS) is 15.5. The first-order valence-electron chi connectivity index (χ1n) is 9.62. The molecule has 0 bridgehead atoms. The predicted octanol–water partition coefficient (Wildman–Crippen LogP) is 4.99. The molecule has 1 aliphatic carbocycles. The van der Waals surface area contributed by atoms with Gasteiger partial charge in [-0.05, 0) is 91.9 Å². The van der Waals surface area contributed by atoms with Crippen molar-refractivity contribution < 1.29 is 13.9 Å². The highest BCUT2D eigenvalue weighted by molar-refractivity contribution is 9.10. The number of benzene rings is 1. The zero-order valence-electron chi connectivity index (χ0n) is 16.4.